The van der Waals surface area contributed by atoms with Crippen molar-refractivity contribution in [1.82, 2.24) is 14.5 Å². The lowest BCUT2D eigenvalue weighted by Gasteiger charge is -2.30. The van der Waals surface area contributed by atoms with Gasteiger partial charge in [-0.3, -0.25) is 20.2 Å². The van der Waals surface area contributed by atoms with E-state index in [2.05, 4.69) is 15.5 Å². The van der Waals surface area contributed by atoms with Gasteiger partial charge in [-0.1, -0.05) is 17.2 Å². The van der Waals surface area contributed by atoms with Gasteiger partial charge < -0.3 is 4.42 Å². The highest BCUT2D eigenvalue weighted by molar-refractivity contribution is 7.89. The molecule has 0 unspecified atom stereocenters. The van der Waals surface area contributed by atoms with Crippen LogP contribution in [0.15, 0.2) is 51.8 Å². The Bertz CT molecular complexity index is 1390. The van der Waals surface area contributed by atoms with Crippen LogP contribution in [0.5, 0.6) is 0 Å². The topological polar surface area (TPSA) is 149 Å². The summed E-state index contributed by atoms with van der Waals surface area (Å²) in [6.45, 7) is 0.473. The summed E-state index contributed by atoms with van der Waals surface area (Å²) in [6, 6.07) is 11.0. The summed E-state index contributed by atoms with van der Waals surface area (Å²) in [6.07, 6.45) is 3.67. The van der Waals surface area contributed by atoms with Gasteiger partial charge in [0.1, 0.15) is 0 Å². The first-order chi connectivity index (χ1) is 16.8. The largest absolute Gasteiger partial charge is 0.403 e. The second-order valence-corrected chi connectivity index (χ2v) is 10.6. The lowest BCUT2D eigenvalue weighted by atomic mass is 9.97. The molecule has 2 aliphatic rings. The number of aromatic nitrogens is 2. The van der Waals surface area contributed by atoms with E-state index in [1.165, 1.54) is 28.1 Å². The minimum Gasteiger partial charge on any atom is -0.403 e. The second-order valence-electron chi connectivity index (χ2n) is 8.67. The van der Waals surface area contributed by atoms with Crippen molar-refractivity contribution < 1.29 is 22.6 Å². The van der Waals surface area contributed by atoms with Crippen LogP contribution in [0.2, 0.25) is 0 Å². The molecule has 2 heterocycles. The van der Waals surface area contributed by atoms with Gasteiger partial charge >= 0.3 is 6.01 Å². The summed E-state index contributed by atoms with van der Waals surface area (Å²) >= 11 is 0. The number of amides is 1. The van der Waals surface area contributed by atoms with E-state index in [0.717, 1.165) is 24.8 Å². The first-order valence-electron chi connectivity index (χ1n) is 11.3. The summed E-state index contributed by atoms with van der Waals surface area (Å²) in [5, 5.41) is 21.2. The third-order valence-corrected chi connectivity index (χ3v) is 8.39. The van der Waals surface area contributed by atoms with Crippen molar-refractivity contribution in [3.63, 3.8) is 0 Å². The number of piperidine rings is 1. The van der Waals surface area contributed by atoms with E-state index in [1.807, 2.05) is 6.07 Å². The quantitative estimate of drug-likeness (QED) is 0.403. The molecule has 182 valence electrons. The Morgan fingerprint density at radius 1 is 1.09 bits per heavy atom. The van der Waals surface area contributed by atoms with Gasteiger partial charge in [-0.25, -0.2) is 8.42 Å². The number of rotatable bonds is 6. The Morgan fingerprint density at radius 3 is 2.63 bits per heavy atom. The predicted molar refractivity (Wildman–Crippen MR) is 125 cm³/mol. The fraction of sp³-hybridized carbons (Fsp3) is 0.348. The molecule has 0 spiro atoms. The average Bonchev–Trinajstić information content (AvgIpc) is 3.53. The number of hydrogen-bond acceptors (Lipinski definition) is 8. The summed E-state index contributed by atoms with van der Waals surface area (Å²) in [5.74, 6) is -0.706. The molecule has 11 nitrogen and oxygen atoms in total. The number of anilines is 1. The number of sulfonamides is 1. The van der Waals surface area contributed by atoms with Gasteiger partial charge in [-0.05, 0) is 61.4 Å². The van der Waals surface area contributed by atoms with Gasteiger partial charge in [-0.15, -0.1) is 5.10 Å². The molecule has 3 aromatic rings. The van der Waals surface area contributed by atoms with E-state index < -0.39 is 20.9 Å². The number of aryl methyl sites for hydroxylation is 2. The van der Waals surface area contributed by atoms with Gasteiger partial charge in [0.2, 0.25) is 21.8 Å². The highest BCUT2D eigenvalue weighted by Gasteiger charge is 2.33. The van der Waals surface area contributed by atoms with E-state index in [4.69, 9.17) is 4.42 Å². The van der Waals surface area contributed by atoms with E-state index in [0.29, 0.717) is 23.3 Å². The Morgan fingerprint density at radius 2 is 1.86 bits per heavy atom. The standard InChI is InChI=1S/C23H23N5O6S/c29-21(24-23-26-25-22(34-23)18-5-2-6-19(13-18)28(30)31)16-9-11-27(12-10-16)35(32,33)20-8-7-15-3-1-4-17(15)14-20/h2,5-8,13-14,16H,1,3-4,9-12H2,(H,24,26,29). The fourth-order valence-corrected chi connectivity index (χ4v) is 6.09. The molecule has 1 aromatic heterocycles. The van der Waals surface area contributed by atoms with Crippen LogP contribution in [0.3, 0.4) is 0 Å². The van der Waals surface area contributed by atoms with Crippen LogP contribution in [0.25, 0.3) is 11.5 Å². The predicted octanol–water partition coefficient (Wildman–Crippen LogP) is 3.17. The minimum atomic E-state index is -3.62. The Hall–Kier alpha value is -3.64. The third-order valence-electron chi connectivity index (χ3n) is 6.49. The molecule has 1 N–H and O–H groups in total. The van der Waals surface area contributed by atoms with Gasteiger partial charge in [0.05, 0.1) is 9.82 Å². The molecular weight excluding hydrogens is 474 g/mol. The first-order valence-corrected chi connectivity index (χ1v) is 12.8. The summed E-state index contributed by atoms with van der Waals surface area (Å²) in [5.41, 5.74) is 2.56. The molecule has 1 amide bonds. The van der Waals surface area contributed by atoms with Crippen molar-refractivity contribution in [2.75, 3.05) is 18.4 Å². The highest BCUT2D eigenvalue weighted by atomic mass is 32.2. The van der Waals surface area contributed by atoms with Crippen molar-refractivity contribution in [1.29, 1.82) is 0 Å². The molecule has 0 atom stereocenters. The zero-order valence-electron chi connectivity index (χ0n) is 18.7. The van der Waals surface area contributed by atoms with Crippen molar-refractivity contribution in [2.24, 2.45) is 5.92 Å². The van der Waals surface area contributed by atoms with Crippen LogP contribution in [-0.4, -0.2) is 46.8 Å². The number of nitrogens with one attached hydrogen (secondary N) is 1. The van der Waals surface area contributed by atoms with Gasteiger partial charge in [0, 0.05) is 36.7 Å². The average molecular weight is 498 g/mol. The van der Waals surface area contributed by atoms with Gasteiger partial charge in [0.25, 0.3) is 5.69 Å². The summed E-state index contributed by atoms with van der Waals surface area (Å²) < 4.78 is 33.1. The number of non-ortho nitro benzene ring substituents is 1. The molecule has 5 rings (SSSR count). The zero-order chi connectivity index (χ0) is 24.6. The molecule has 1 saturated heterocycles. The number of carbonyl (C=O) groups is 1. The number of nitro groups is 1. The molecule has 0 saturated carbocycles. The Kier molecular flexibility index (Phi) is 6.07. The number of fused-ring (bicyclic) bond motifs is 1. The second kappa shape index (κ2) is 9.19. The Balaban J connectivity index is 1.20. The number of nitrogens with zero attached hydrogens (tertiary/aromatic N) is 4. The lowest BCUT2D eigenvalue weighted by Crippen LogP contribution is -2.41. The molecule has 12 heteroatoms. The molecule has 1 fully saturated rings. The van der Waals surface area contributed by atoms with Crippen LogP contribution in [-0.2, 0) is 27.7 Å². The number of carbonyl (C=O) groups excluding carboxylic acids is 1. The first kappa shape index (κ1) is 23.1. The zero-order valence-corrected chi connectivity index (χ0v) is 19.5. The molecule has 35 heavy (non-hydrogen) atoms. The van der Waals surface area contributed by atoms with E-state index in [9.17, 15) is 23.3 Å². The van der Waals surface area contributed by atoms with Crippen molar-refractivity contribution in [3.05, 3.63) is 63.7 Å². The normalized spacial score (nSPS) is 16.7. The van der Waals surface area contributed by atoms with Gasteiger partial charge in [0.15, 0.2) is 0 Å². The van der Waals surface area contributed by atoms with Crippen LogP contribution in [0, 0.1) is 16.0 Å². The van der Waals surface area contributed by atoms with Crippen molar-refractivity contribution >= 4 is 27.6 Å². The Labute approximate surface area is 201 Å². The van der Waals surface area contributed by atoms with Crippen LogP contribution in [0.4, 0.5) is 11.7 Å². The van der Waals surface area contributed by atoms with Gasteiger partial charge in [-0.2, -0.15) is 4.31 Å². The van der Waals surface area contributed by atoms with Crippen LogP contribution >= 0.6 is 0 Å². The third kappa shape index (κ3) is 4.66. The number of hydrogen-bond donors (Lipinski definition) is 1. The lowest BCUT2D eigenvalue weighted by molar-refractivity contribution is -0.384. The monoisotopic (exact) mass is 497 g/mol. The van der Waals surface area contributed by atoms with Crippen LogP contribution in [0.1, 0.15) is 30.4 Å². The molecule has 0 radical (unpaired) electrons. The molecule has 0 bridgehead atoms. The SMILES string of the molecule is O=C(Nc1nnc(-c2cccc([N+](=O)[O-])c2)o1)C1CCN(S(=O)(=O)c2ccc3c(c2)CCC3)CC1. The molecule has 2 aromatic carbocycles. The van der Waals surface area contributed by atoms with Crippen molar-refractivity contribution in [3.8, 4) is 11.5 Å². The maximum absolute atomic E-state index is 13.1. The number of nitro benzene ring substituents is 1. The molecule has 1 aliphatic heterocycles. The van der Waals surface area contributed by atoms with Crippen LogP contribution < -0.4 is 5.32 Å². The summed E-state index contributed by atoms with van der Waals surface area (Å²) in [4.78, 5) is 23.5. The smallest absolute Gasteiger partial charge is 0.322 e. The minimum absolute atomic E-state index is 0.0410. The maximum atomic E-state index is 13.1. The fourth-order valence-electron chi connectivity index (χ4n) is 4.57. The van der Waals surface area contributed by atoms with E-state index in [-0.39, 0.29) is 36.6 Å². The molecular formula is C23H23N5O6S. The molecule has 1 aliphatic carbocycles. The van der Waals surface area contributed by atoms with Crippen molar-refractivity contribution in [2.45, 2.75) is 37.0 Å². The maximum Gasteiger partial charge on any atom is 0.322 e. The van der Waals surface area contributed by atoms with E-state index in [1.54, 1.807) is 18.2 Å². The number of benzene rings is 2. The highest BCUT2D eigenvalue weighted by Crippen LogP contribution is 2.29. The summed E-state index contributed by atoms with van der Waals surface area (Å²) in [7, 11) is -3.62. The van der Waals surface area contributed by atoms with E-state index >= 15 is 0 Å².